The second-order valence-corrected chi connectivity index (χ2v) is 8.67. The number of nitrogens with zero attached hydrogens (tertiary/aromatic N) is 3. The van der Waals surface area contributed by atoms with E-state index in [1.807, 2.05) is 24.4 Å². The lowest BCUT2D eigenvalue weighted by atomic mass is 9.96. The van der Waals surface area contributed by atoms with Gasteiger partial charge in [-0.15, -0.1) is 0 Å². The molecule has 6 aromatic rings. The van der Waals surface area contributed by atoms with E-state index >= 15 is 0 Å². The molecule has 0 aliphatic heterocycles. The normalized spacial score (nSPS) is 11.0. The number of rotatable bonds is 4. The zero-order chi connectivity index (χ0) is 23.6. The summed E-state index contributed by atoms with van der Waals surface area (Å²) in [5.41, 5.74) is 8.05. The largest absolute Gasteiger partial charge is 0.264 e. The summed E-state index contributed by atoms with van der Waals surface area (Å²) in [6.45, 7) is 0. The van der Waals surface area contributed by atoms with Crippen LogP contribution in [0.1, 0.15) is 0 Å². The van der Waals surface area contributed by atoms with Crippen molar-refractivity contribution in [2.45, 2.75) is 0 Å². The highest BCUT2D eigenvalue weighted by atomic mass is 35.5. The molecule has 0 unspecified atom stereocenters. The number of halogens is 1. The molecule has 6 rings (SSSR count). The Morgan fingerprint density at radius 3 is 2.03 bits per heavy atom. The molecular formula is C31H20ClN3. The molecule has 0 spiro atoms. The topological polar surface area (TPSA) is 38.7 Å². The summed E-state index contributed by atoms with van der Waals surface area (Å²) in [6, 6.07) is 37.5. The van der Waals surface area contributed by atoms with Crippen molar-refractivity contribution in [3.05, 3.63) is 127 Å². The van der Waals surface area contributed by atoms with Crippen LogP contribution in [-0.2, 0) is 0 Å². The predicted molar refractivity (Wildman–Crippen MR) is 144 cm³/mol. The number of benzene rings is 4. The molecule has 35 heavy (non-hydrogen) atoms. The third kappa shape index (κ3) is 4.30. The van der Waals surface area contributed by atoms with E-state index in [4.69, 9.17) is 11.6 Å². The summed E-state index contributed by atoms with van der Waals surface area (Å²) < 4.78 is 0. The van der Waals surface area contributed by atoms with E-state index in [9.17, 15) is 0 Å². The van der Waals surface area contributed by atoms with Gasteiger partial charge in [0.2, 0.25) is 5.28 Å². The Bertz CT molecular complexity index is 1640. The Kier molecular flexibility index (Phi) is 5.53. The van der Waals surface area contributed by atoms with Crippen molar-refractivity contribution in [1.29, 1.82) is 0 Å². The van der Waals surface area contributed by atoms with Crippen LogP contribution in [0.5, 0.6) is 0 Å². The van der Waals surface area contributed by atoms with E-state index < -0.39 is 0 Å². The molecule has 0 aliphatic carbocycles. The fourth-order valence-corrected chi connectivity index (χ4v) is 4.59. The Hall–Kier alpha value is -4.34. The van der Waals surface area contributed by atoms with Crippen LogP contribution in [0.15, 0.2) is 122 Å². The number of hydrogen-bond donors (Lipinski definition) is 0. The maximum absolute atomic E-state index is 6.38. The van der Waals surface area contributed by atoms with Gasteiger partial charge in [0.05, 0.1) is 11.4 Å². The van der Waals surface area contributed by atoms with Gasteiger partial charge in [-0.3, -0.25) is 4.98 Å². The first-order valence-corrected chi connectivity index (χ1v) is 11.8. The van der Waals surface area contributed by atoms with Crippen LogP contribution >= 0.6 is 11.6 Å². The number of pyridine rings is 1. The molecule has 0 bridgehead atoms. The van der Waals surface area contributed by atoms with Gasteiger partial charge in [-0.1, -0.05) is 91.0 Å². The summed E-state index contributed by atoms with van der Waals surface area (Å²) in [7, 11) is 0. The second kappa shape index (κ2) is 9.13. The van der Waals surface area contributed by atoms with Crippen molar-refractivity contribution in [2.24, 2.45) is 0 Å². The SMILES string of the molecule is Clc1nc(-c2ccc(-c3cccnc3)cc2)cc(-c2cccc(-c3cccc4ccccc34)c2)n1. The van der Waals surface area contributed by atoms with Gasteiger partial charge >= 0.3 is 0 Å². The summed E-state index contributed by atoms with van der Waals surface area (Å²) >= 11 is 6.38. The zero-order valence-electron chi connectivity index (χ0n) is 18.8. The fraction of sp³-hybridized carbons (Fsp3) is 0. The molecule has 2 heterocycles. The van der Waals surface area contributed by atoms with Gasteiger partial charge in [-0.2, -0.15) is 0 Å². The number of aromatic nitrogens is 3. The molecule has 0 N–H and O–H groups in total. The molecule has 3 nitrogen and oxygen atoms in total. The van der Waals surface area contributed by atoms with Crippen LogP contribution < -0.4 is 0 Å². The van der Waals surface area contributed by atoms with Crippen molar-refractivity contribution < 1.29 is 0 Å². The lowest BCUT2D eigenvalue weighted by Crippen LogP contribution is -1.92. The van der Waals surface area contributed by atoms with E-state index in [0.29, 0.717) is 0 Å². The van der Waals surface area contributed by atoms with Gasteiger partial charge in [0.15, 0.2) is 0 Å². The molecule has 0 saturated heterocycles. The molecule has 4 heteroatoms. The van der Waals surface area contributed by atoms with E-state index in [1.54, 1.807) is 6.20 Å². The first-order valence-electron chi connectivity index (χ1n) is 11.4. The highest BCUT2D eigenvalue weighted by Gasteiger charge is 2.10. The van der Waals surface area contributed by atoms with Gasteiger partial charge in [0.25, 0.3) is 0 Å². The third-order valence-electron chi connectivity index (χ3n) is 6.13. The second-order valence-electron chi connectivity index (χ2n) is 8.33. The maximum atomic E-state index is 6.38. The van der Waals surface area contributed by atoms with E-state index in [1.165, 1.54) is 16.3 Å². The summed E-state index contributed by atoms with van der Waals surface area (Å²) in [5, 5.41) is 2.67. The molecule has 0 fully saturated rings. The minimum absolute atomic E-state index is 0.226. The van der Waals surface area contributed by atoms with Gasteiger partial charge in [0, 0.05) is 23.5 Å². The van der Waals surface area contributed by atoms with Crippen LogP contribution in [-0.4, -0.2) is 15.0 Å². The lowest BCUT2D eigenvalue weighted by Gasteiger charge is -2.10. The molecule has 0 saturated carbocycles. The Morgan fingerprint density at radius 1 is 0.514 bits per heavy atom. The van der Waals surface area contributed by atoms with Crippen LogP contribution in [0, 0.1) is 0 Å². The van der Waals surface area contributed by atoms with E-state index in [0.717, 1.165) is 39.2 Å². The Balaban J connectivity index is 1.38. The van der Waals surface area contributed by atoms with Crippen LogP contribution in [0.25, 0.3) is 55.5 Å². The Labute approximate surface area is 208 Å². The highest BCUT2D eigenvalue weighted by molar-refractivity contribution is 6.28. The van der Waals surface area contributed by atoms with Crippen molar-refractivity contribution >= 4 is 22.4 Å². The molecule has 166 valence electrons. The maximum Gasteiger partial charge on any atom is 0.223 e. The van der Waals surface area contributed by atoms with Crippen LogP contribution in [0.3, 0.4) is 0 Å². The molecule has 4 aromatic carbocycles. The van der Waals surface area contributed by atoms with Crippen molar-refractivity contribution in [2.75, 3.05) is 0 Å². The van der Waals surface area contributed by atoms with Crippen molar-refractivity contribution in [3.8, 4) is 44.8 Å². The molecule has 0 radical (unpaired) electrons. The van der Waals surface area contributed by atoms with Crippen molar-refractivity contribution in [1.82, 2.24) is 15.0 Å². The summed E-state index contributed by atoms with van der Waals surface area (Å²) in [4.78, 5) is 13.2. The Morgan fingerprint density at radius 2 is 1.20 bits per heavy atom. The summed E-state index contributed by atoms with van der Waals surface area (Å²) in [6.07, 6.45) is 3.63. The molecule has 0 atom stereocenters. The number of fused-ring (bicyclic) bond motifs is 1. The third-order valence-corrected chi connectivity index (χ3v) is 6.30. The zero-order valence-corrected chi connectivity index (χ0v) is 19.5. The van der Waals surface area contributed by atoms with Crippen molar-refractivity contribution in [3.63, 3.8) is 0 Å². The average molecular weight is 470 g/mol. The molecule has 2 aromatic heterocycles. The molecular weight excluding hydrogens is 450 g/mol. The molecule has 0 aliphatic rings. The minimum Gasteiger partial charge on any atom is -0.264 e. The fourth-order valence-electron chi connectivity index (χ4n) is 4.40. The molecule has 0 amide bonds. The van der Waals surface area contributed by atoms with Gasteiger partial charge in [-0.05, 0) is 62.8 Å². The monoisotopic (exact) mass is 469 g/mol. The lowest BCUT2D eigenvalue weighted by molar-refractivity contribution is 1.18. The van der Waals surface area contributed by atoms with Crippen LogP contribution in [0.2, 0.25) is 5.28 Å². The first-order chi connectivity index (χ1) is 17.2. The average Bonchev–Trinajstić information content (AvgIpc) is 2.93. The van der Waals surface area contributed by atoms with Gasteiger partial charge in [-0.25, -0.2) is 9.97 Å². The quantitative estimate of drug-likeness (QED) is 0.243. The number of hydrogen-bond acceptors (Lipinski definition) is 3. The van der Waals surface area contributed by atoms with Gasteiger partial charge in [0.1, 0.15) is 0 Å². The summed E-state index contributed by atoms with van der Waals surface area (Å²) in [5.74, 6) is 0. The predicted octanol–water partition coefficient (Wildman–Crippen LogP) is 8.35. The van der Waals surface area contributed by atoms with E-state index in [2.05, 4.69) is 106 Å². The highest BCUT2D eigenvalue weighted by Crippen LogP contribution is 2.32. The first kappa shape index (κ1) is 21.2. The minimum atomic E-state index is 0.226. The standard InChI is InChI=1S/C31H20ClN3/c32-31-34-29(23-15-13-21(14-16-23)26-10-5-17-33-20-26)19-30(35-31)25-9-3-8-24(18-25)28-12-4-7-22-6-1-2-11-27(22)28/h1-20H. The van der Waals surface area contributed by atoms with E-state index in [-0.39, 0.29) is 5.28 Å². The smallest absolute Gasteiger partial charge is 0.223 e. The van der Waals surface area contributed by atoms with Gasteiger partial charge < -0.3 is 0 Å². The van der Waals surface area contributed by atoms with Crippen LogP contribution in [0.4, 0.5) is 0 Å².